The number of sulfonamides is 1. The number of hydrogen-bond donors (Lipinski definition) is 1. The average Bonchev–Trinajstić information content (AvgIpc) is 2.30. The molecule has 2 N–H and O–H groups in total. The first-order valence-electron chi connectivity index (χ1n) is 5.75. The Hall–Kier alpha value is -1.20. The lowest BCUT2D eigenvalue weighted by molar-refractivity contribution is 0.598. The fourth-order valence-electron chi connectivity index (χ4n) is 2.03. The van der Waals surface area contributed by atoms with Gasteiger partial charge in [0.25, 0.3) is 0 Å². The van der Waals surface area contributed by atoms with Crippen LogP contribution in [0.3, 0.4) is 0 Å². The summed E-state index contributed by atoms with van der Waals surface area (Å²) in [7, 11) is -3.69. The maximum atomic E-state index is 11.4. The molecule has 1 saturated carbocycles. The molecule has 0 amide bonds. The number of rotatable bonds is 2. The molecule has 17 heavy (non-hydrogen) atoms. The van der Waals surface area contributed by atoms with E-state index < -0.39 is 10.0 Å². The minimum absolute atomic E-state index is 0.109. The van der Waals surface area contributed by atoms with Crippen molar-refractivity contribution in [3.05, 3.63) is 24.3 Å². The maximum absolute atomic E-state index is 11.4. The van der Waals surface area contributed by atoms with E-state index >= 15 is 0 Å². The van der Waals surface area contributed by atoms with Crippen LogP contribution in [0.4, 0.5) is 5.69 Å². The monoisotopic (exact) mass is 252 g/mol. The Labute approximate surface area is 102 Å². The zero-order valence-corrected chi connectivity index (χ0v) is 10.4. The predicted octanol–water partition coefficient (Wildman–Crippen LogP) is 2.37. The van der Waals surface area contributed by atoms with Gasteiger partial charge in [-0.3, -0.25) is 4.99 Å². The van der Waals surface area contributed by atoms with Gasteiger partial charge in [-0.05, 0) is 37.8 Å². The first kappa shape index (κ1) is 12.3. The van der Waals surface area contributed by atoms with E-state index in [-0.39, 0.29) is 4.90 Å². The van der Waals surface area contributed by atoms with Crippen molar-refractivity contribution in [3.8, 4) is 0 Å². The molecule has 0 heterocycles. The van der Waals surface area contributed by atoms with Gasteiger partial charge in [0.05, 0.1) is 5.69 Å². The third-order valence-electron chi connectivity index (χ3n) is 2.88. The van der Waals surface area contributed by atoms with Gasteiger partial charge in [0.1, 0.15) is 4.90 Å². The molecule has 2 rings (SSSR count). The number of primary sulfonamides is 1. The second-order valence-electron chi connectivity index (χ2n) is 4.25. The number of benzene rings is 1. The molecule has 0 aliphatic heterocycles. The first-order valence-corrected chi connectivity index (χ1v) is 7.30. The van der Waals surface area contributed by atoms with E-state index in [1.807, 2.05) is 0 Å². The van der Waals surface area contributed by atoms with Crippen LogP contribution in [-0.2, 0) is 10.0 Å². The Morgan fingerprint density at radius 2 is 1.71 bits per heavy atom. The topological polar surface area (TPSA) is 72.5 Å². The Morgan fingerprint density at radius 1 is 1.06 bits per heavy atom. The van der Waals surface area contributed by atoms with Crippen LogP contribution in [0, 0.1) is 0 Å². The summed E-state index contributed by atoms with van der Waals surface area (Å²) in [4.78, 5) is 4.55. The molecule has 1 fully saturated rings. The molecule has 4 nitrogen and oxygen atoms in total. The van der Waals surface area contributed by atoms with Crippen LogP contribution < -0.4 is 5.14 Å². The first-order chi connectivity index (χ1) is 8.07. The molecule has 0 bridgehead atoms. The van der Waals surface area contributed by atoms with Crippen molar-refractivity contribution >= 4 is 21.4 Å². The lowest BCUT2D eigenvalue weighted by Gasteiger charge is -2.13. The second kappa shape index (κ2) is 4.98. The minimum Gasteiger partial charge on any atom is -0.256 e. The number of nitrogens with zero attached hydrogens (tertiary/aromatic N) is 1. The summed E-state index contributed by atoms with van der Waals surface area (Å²) >= 11 is 0. The van der Waals surface area contributed by atoms with Gasteiger partial charge in [-0.25, -0.2) is 13.6 Å². The molecule has 1 aromatic carbocycles. The zero-order valence-electron chi connectivity index (χ0n) is 9.59. The van der Waals surface area contributed by atoms with Gasteiger partial charge in [0.2, 0.25) is 10.0 Å². The molecule has 92 valence electrons. The van der Waals surface area contributed by atoms with Crippen LogP contribution in [0.25, 0.3) is 0 Å². The summed E-state index contributed by atoms with van der Waals surface area (Å²) < 4.78 is 22.8. The van der Waals surface area contributed by atoms with Crippen molar-refractivity contribution in [2.45, 2.75) is 37.0 Å². The van der Waals surface area contributed by atoms with Gasteiger partial charge in [-0.1, -0.05) is 18.6 Å². The third-order valence-corrected chi connectivity index (χ3v) is 3.84. The maximum Gasteiger partial charge on any atom is 0.240 e. The molecule has 0 atom stereocenters. The molecule has 1 aliphatic rings. The summed E-state index contributed by atoms with van der Waals surface area (Å²) in [6, 6.07) is 6.63. The molecule has 0 saturated heterocycles. The number of nitrogens with two attached hydrogens (primary N) is 1. The van der Waals surface area contributed by atoms with E-state index in [1.54, 1.807) is 18.2 Å². The van der Waals surface area contributed by atoms with Crippen LogP contribution >= 0.6 is 0 Å². The lowest BCUT2D eigenvalue weighted by Crippen LogP contribution is -2.12. The van der Waals surface area contributed by atoms with E-state index in [0.29, 0.717) is 5.69 Å². The molecule has 5 heteroatoms. The molecule has 0 aromatic heterocycles. The molecular formula is C12H16N2O2S. The third kappa shape index (κ3) is 3.14. The quantitative estimate of drug-likeness (QED) is 0.877. The van der Waals surface area contributed by atoms with Crippen LogP contribution in [0.15, 0.2) is 34.2 Å². The fraction of sp³-hybridized carbons (Fsp3) is 0.417. The van der Waals surface area contributed by atoms with Crippen molar-refractivity contribution in [2.75, 3.05) is 0 Å². The van der Waals surface area contributed by atoms with Gasteiger partial charge in [-0.15, -0.1) is 0 Å². The van der Waals surface area contributed by atoms with Crippen LogP contribution in [0.1, 0.15) is 32.1 Å². The second-order valence-corrected chi connectivity index (χ2v) is 5.78. The molecule has 0 radical (unpaired) electrons. The van der Waals surface area contributed by atoms with Gasteiger partial charge >= 0.3 is 0 Å². The Morgan fingerprint density at radius 3 is 2.35 bits per heavy atom. The van der Waals surface area contributed by atoms with Crippen molar-refractivity contribution < 1.29 is 8.42 Å². The number of para-hydroxylation sites is 1. The summed E-state index contributed by atoms with van der Waals surface area (Å²) in [6.45, 7) is 0. The highest BCUT2D eigenvalue weighted by Crippen LogP contribution is 2.25. The number of hydrogen-bond acceptors (Lipinski definition) is 3. The van der Waals surface area contributed by atoms with Crippen molar-refractivity contribution in [3.63, 3.8) is 0 Å². The standard InChI is InChI=1S/C12H16N2O2S/c13-17(15,16)12-9-5-4-8-11(12)14-10-6-2-1-3-7-10/h4-5,8-9H,1-3,6-7H2,(H2,13,15,16). The minimum atomic E-state index is -3.69. The normalized spacial score (nSPS) is 16.9. The predicted molar refractivity (Wildman–Crippen MR) is 68.0 cm³/mol. The van der Waals surface area contributed by atoms with E-state index in [4.69, 9.17) is 5.14 Å². The lowest BCUT2D eigenvalue weighted by atomic mass is 9.98. The van der Waals surface area contributed by atoms with E-state index in [0.717, 1.165) is 31.4 Å². The van der Waals surface area contributed by atoms with E-state index in [9.17, 15) is 8.42 Å². The van der Waals surface area contributed by atoms with Crippen LogP contribution in [-0.4, -0.2) is 14.1 Å². The summed E-state index contributed by atoms with van der Waals surface area (Å²) in [5.41, 5.74) is 1.54. The molecule has 1 aromatic rings. The smallest absolute Gasteiger partial charge is 0.240 e. The zero-order chi connectivity index (χ0) is 12.3. The Balaban J connectivity index is 2.39. The largest absolute Gasteiger partial charge is 0.256 e. The summed E-state index contributed by atoms with van der Waals surface area (Å²) in [5.74, 6) is 0. The molecule has 0 spiro atoms. The average molecular weight is 252 g/mol. The van der Waals surface area contributed by atoms with E-state index in [2.05, 4.69) is 4.99 Å². The SMILES string of the molecule is NS(=O)(=O)c1ccccc1N=C1CCCCC1. The Kier molecular flexibility index (Phi) is 3.59. The van der Waals surface area contributed by atoms with Crippen LogP contribution in [0.5, 0.6) is 0 Å². The fourth-order valence-corrected chi connectivity index (χ4v) is 2.71. The van der Waals surface area contributed by atoms with Gasteiger partial charge < -0.3 is 0 Å². The molecule has 1 aliphatic carbocycles. The summed E-state index contributed by atoms with van der Waals surface area (Å²) in [5, 5.41) is 5.17. The van der Waals surface area contributed by atoms with Crippen molar-refractivity contribution in [1.82, 2.24) is 0 Å². The van der Waals surface area contributed by atoms with E-state index in [1.165, 1.54) is 12.5 Å². The molecular weight excluding hydrogens is 236 g/mol. The van der Waals surface area contributed by atoms with Crippen molar-refractivity contribution in [2.24, 2.45) is 10.1 Å². The number of aliphatic imine (C=N–C) groups is 1. The highest BCUT2D eigenvalue weighted by molar-refractivity contribution is 7.89. The van der Waals surface area contributed by atoms with Crippen LogP contribution in [0.2, 0.25) is 0 Å². The van der Waals surface area contributed by atoms with Gasteiger partial charge in [0, 0.05) is 5.71 Å². The van der Waals surface area contributed by atoms with Gasteiger partial charge in [0.15, 0.2) is 0 Å². The highest BCUT2D eigenvalue weighted by atomic mass is 32.2. The molecule has 0 unspecified atom stereocenters. The van der Waals surface area contributed by atoms with Gasteiger partial charge in [-0.2, -0.15) is 0 Å². The Bertz CT molecular complexity index is 527. The summed E-state index contributed by atoms with van der Waals surface area (Å²) in [6.07, 6.45) is 5.42. The highest BCUT2D eigenvalue weighted by Gasteiger charge is 2.14. The van der Waals surface area contributed by atoms with Crippen molar-refractivity contribution in [1.29, 1.82) is 0 Å².